The molecule has 1 fully saturated rings. The zero-order valence-corrected chi connectivity index (χ0v) is 18.3. The maximum absolute atomic E-state index is 10.1. The Morgan fingerprint density at radius 3 is 2.33 bits per heavy atom. The first-order valence-electron chi connectivity index (χ1n) is 9.44. The van der Waals surface area contributed by atoms with Crippen LogP contribution >= 0.6 is 0 Å². The number of aliphatic hydroxyl groups excluding tert-OH is 2. The largest absolute Gasteiger partial charge is 0.497 e. The number of benzene rings is 1. The maximum atomic E-state index is 10.1. The van der Waals surface area contributed by atoms with Crippen molar-refractivity contribution in [3.8, 4) is 5.75 Å². The van der Waals surface area contributed by atoms with E-state index in [4.69, 9.17) is 18.6 Å². The molecule has 0 saturated carbocycles. The van der Waals surface area contributed by atoms with Gasteiger partial charge in [-0.3, -0.25) is 0 Å². The van der Waals surface area contributed by atoms with Crippen molar-refractivity contribution in [3.63, 3.8) is 0 Å². The highest BCUT2D eigenvalue weighted by Gasteiger charge is 2.46. The molecule has 27 heavy (non-hydrogen) atoms. The van der Waals surface area contributed by atoms with E-state index in [-0.39, 0.29) is 17.7 Å². The van der Waals surface area contributed by atoms with Crippen LogP contribution in [0.4, 0.5) is 0 Å². The molecule has 154 valence electrons. The summed E-state index contributed by atoms with van der Waals surface area (Å²) in [5.41, 5.74) is 0.990. The molecule has 0 radical (unpaired) electrons. The Hall–Kier alpha value is -0.963. The predicted octanol–water partition coefficient (Wildman–Crippen LogP) is 3.07. The first-order valence-corrected chi connectivity index (χ1v) is 12.3. The molecule has 1 heterocycles. The molecule has 2 N–H and O–H groups in total. The van der Waals surface area contributed by atoms with Crippen molar-refractivity contribution in [2.75, 3.05) is 13.7 Å². The number of hydrogen-bond acceptors (Lipinski definition) is 6. The van der Waals surface area contributed by atoms with E-state index < -0.39 is 26.8 Å². The zero-order chi connectivity index (χ0) is 20.2. The first-order chi connectivity index (χ1) is 12.6. The van der Waals surface area contributed by atoms with Crippen LogP contribution in [0, 0.1) is 0 Å². The molecule has 0 bridgehead atoms. The molecule has 7 heteroatoms. The summed E-state index contributed by atoms with van der Waals surface area (Å²) in [7, 11) is -0.442. The summed E-state index contributed by atoms with van der Waals surface area (Å²) in [5, 5.41) is 19.9. The van der Waals surface area contributed by atoms with Crippen LogP contribution in [0.15, 0.2) is 24.3 Å². The second-order valence-corrected chi connectivity index (χ2v) is 13.3. The molecule has 1 aliphatic heterocycles. The SMILES string of the molecule is COc1ccc(CO[C@@H]2[C@@H](CO)OC(O)C[C@H]2O[Si](C)(C)C(C)(C)C)cc1. The highest BCUT2D eigenvalue weighted by atomic mass is 28.4. The lowest BCUT2D eigenvalue weighted by atomic mass is 10.0. The summed E-state index contributed by atoms with van der Waals surface area (Å²) in [4.78, 5) is 0. The maximum Gasteiger partial charge on any atom is 0.192 e. The van der Waals surface area contributed by atoms with E-state index in [9.17, 15) is 10.2 Å². The molecule has 1 aromatic carbocycles. The van der Waals surface area contributed by atoms with E-state index in [1.165, 1.54) is 0 Å². The Morgan fingerprint density at radius 2 is 1.81 bits per heavy atom. The van der Waals surface area contributed by atoms with Crippen molar-refractivity contribution >= 4 is 8.32 Å². The van der Waals surface area contributed by atoms with Crippen LogP contribution < -0.4 is 4.74 Å². The van der Waals surface area contributed by atoms with Gasteiger partial charge in [-0.1, -0.05) is 32.9 Å². The van der Waals surface area contributed by atoms with Gasteiger partial charge in [0.05, 0.1) is 26.4 Å². The van der Waals surface area contributed by atoms with Crippen molar-refractivity contribution in [1.82, 2.24) is 0 Å². The molecule has 2 rings (SSSR count). The van der Waals surface area contributed by atoms with Gasteiger partial charge in [0.2, 0.25) is 0 Å². The fourth-order valence-electron chi connectivity index (χ4n) is 2.85. The fraction of sp³-hybridized carbons (Fsp3) is 0.700. The van der Waals surface area contributed by atoms with Crippen LogP contribution in [0.2, 0.25) is 18.1 Å². The molecule has 0 aromatic heterocycles. The monoisotopic (exact) mass is 398 g/mol. The normalized spacial score (nSPS) is 26.8. The van der Waals surface area contributed by atoms with Crippen molar-refractivity contribution in [1.29, 1.82) is 0 Å². The van der Waals surface area contributed by atoms with Crippen molar-refractivity contribution < 1.29 is 28.8 Å². The van der Waals surface area contributed by atoms with Gasteiger partial charge in [-0.05, 0) is 35.8 Å². The summed E-state index contributed by atoms with van der Waals surface area (Å²) in [6, 6.07) is 7.64. The van der Waals surface area contributed by atoms with E-state index in [1.54, 1.807) is 7.11 Å². The third-order valence-electron chi connectivity index (χ3n) is 5.53. The van der Waals surface area contributed by atoms with Gasteiger partial charge in [0.1, 0.15) is 18.0 Å². The van der Waals surface area contributed by atoms with Gasteiger partial charge in [-0.2, -0.15) is 0 Å². The smallest absolute Gasteiger partial charge is 0.192 e. The van der Waals surface area contributed by atoms with Gasteiger partial charge < -0.3 is 28.8 Å². The minimum Gasteiger partial charge on any atom is -0.497 e. The van der Waals surface area contributed by atoms with Gasteiger partial charge in [-0.15, -0.1) is 0 Å². The average molecular weight is 399 g/mol. The molecule has 1 aliphatic rings. The molecule has 0 amide bonds. The predicted molar refractivity (Wildman–Crippen MR) is 106 cm³/mol. The van der Waals surface area contributed by atoms with Gasteiger partial charge in [0.15, 0.2) is 14.6 Å². The zero-order valence-electron chi connectivity index (χ0n) is 17.3. The van der Waals surface area contributed by atoms with E-state index in [1.807, 2.05) is 24.3 Å². The van der Waals surface area contributed by atoms with Crippen molar-refractivity contribution in [3.05, 3.63) is 29.8 Å². The highest BCUT2D eigenvalue weighted by molar-refractivity contribution is 6.74. The summed E-state index contributed by atoms with van der Waals surface area (Å²) in [5.74, 6) is 0.787. The van der Waals surface area contributed by atoms with Crippen LogP contribution in [0.25, 0.3) is 0 Å². The second kappa shape index (κ2) is 9.02. The van der Waals surface area contributed by atoms with Gasteiger partial charge in [0.25, 0.3) is 0 Å². The van der Waals surface area contributed by atoms with Crippen LogP contribution in [-0.4, -0.2) is 56.8 Å². The average Bonchev–Trinajstić information content (AvgIpc) is 2.59. The topological polar surface area (TPSA) is 77.4 Å². The number of ether oxygens (including phenoxy) is 3. The Kier molecular flexibility index (Phi) is 7.46. The standard InChI is InChI=1S/C20H34O6Si/c1-20(2,3)27(5,6)26-16-11-18(22)25-17(12-21)19(16)24-13-14-7-9-15(23-4)10-8-14/h7-10,16-19,21-22H,11-13H2,1-6H3/t16-,17-,18?,19+/m1/s1. The lowest BCUT2D eigenvalue weighted by Crippen LogP contribution is -2.56. The third-order valence-corrected chi connectivity index (χ3v) is 10.0. The Bertz CT molecular complexity index is 583. The quantitative estimate of drug-likeness (QED) is 0.688. The molecular weight excluding hydrogens is 364 g/mol. The van der Waals surface area contributed by atoms with Crippen LogP contribution in [0.1, 0.15) is 32.8 Å². The first kappa shape index (κ1) is 22.3. The number of rotatable bonds is 7. The number of hydrogen-bond donors (Lipinski definition) is 2. The minimum atomic E-state index is -2.07. The summed E-state index contributed by atoms with van der Waals surface area (Å²) < 4.78 is 23.3. The molecule has 6 nitrogen and oxygen atoms in total. The summed E-state index contributed by atoms with van der Waals surface area (Å²) >= 11 is 0. The molecule has 0 spiro atoms. The van der Waals surface area contributed by atoms with Crippen LogP contribution in [0.5, 0.6) is 5.75 Å². The molecule has 4 atom stereocenters. The van der Waals surface area contributed by atoms with Gasteiger partial charge in [0, 0.05) is 6.42 Å². The minimum absolute atomic E-state index is 0.0332. The lowest BCUT2D eigenvalue weighted by molar-refractivity contribution is -0.249. The van der Waals surface area contributed by atoms with E-state index in [2.05, 4.69) is 33.9 Å². The van der Waals surface area contributed by atoms with E-state index >= 15 is 0 Å². The Labute approximate surface area is 163 Å². The van der Waals surface area contributed by atoms with Gasteiger partial charge in [-0.25, -0.2) is 0 Å². The molecule has 1 aromatic rings. The Morgan fingerprint density at radius 1 is 1.19 bits per heavy atom. The second-order valence-electron chi connectivity index (χ2n) is 8.59. The van der Waals surface area contributed by atoms with Crippen molar-refractivity contribution in [2.45, 2.75) is 76.5 Å². The summed E-state index contributed by atoms with van der Waals surface area (Å²) in [6.45, 7) is 11.0. The van der Waals surface area contributed by atoms with Crippen LogP contribution in [0.3, 0.4) is 0 Å². The van der Waals surface area contributed by atoms with Crippen molar-refractivity contribution in [2.24, 2.45) is 0 Å². The third kappa shape index (κ3) is 5.76. The molecule has 0 aliphatic carbocycles. The molecular formula is C20H34O6Si. The summed E-state index contributed by atoms with van der Waals surface area (Å²) in [6.07, 6.45) is -2.03. The van der Waals surface area contributed by atoms with Gasteiger partial charge >= 0.3 is 0 Å². The van der Waals surface area contributed by atoms with E-state index in [0.717, 1.165) is 11.3 Å². The number of aliphatic hydroxyl groups is 2. The molecule has 1 unspecified atom stereocenters. The fourth-order valence-corrected chi connectivity index (χ4v) is 4.19. The van der Waals surface area contributed by atoms with E-state index in [0.29, 0.717) is 13.0 Å². The van der Waals surface area contributed by atoms with Crippen LogP contribution in [-0.2, 0) is 20.5 Å². The Balaban J connectivity index is 2.13. The number of methoxy groups -OCH3 is 1. The molecule has 1 saturated heterocycles. The lowest BCUT2D eigenvalue weighted by Gasteiger charge is -2.45. The highest BCUT2D eigenvalue weighted by Crippen LogP contribution is 2.39.